The highest BCUT2D eigenvalue weighted by atomic mass is 19.4. The molecule has 6 heterocycles. The van der Waals surface area contributed by atoms with Gasteiger partial charge in [-0.05, 0) is 145 Å². The fraction of sp³-hybridized carbons (Fsp3) is 0.273. The number of nitrogens with zero attached hydrogens (tertiary/aromatic N) is 2. The Hall–Kier alpha value is -10.5. The summed E-state index contributed by atoms with van der Waals surface area (Å²) in [4.78, 5) is 76.2. The Morgan fingerprint density at radius 2 is 0.872 bits per heavy atom. The normalized spacial score (nSPS) is 17.1. The van der Waals surface area contributed by atoms with Crippen molar-refractivity contribution in [1.29, 1.82) is 0 Å². The van der Waals surface area contributed by atoms with Crippen molar-refractivity contribution < 1.29 is 87.6 Å². The zero-order valence-corrected chi connectivity index (χ0v) is 49.9. The van der Waals surface area contributed by atoms with Gasteiger partial charge in [0.15, 0.2) is 0 Å². The number of carbonyl (C=O) groups excluding carboxylic acids is 6. The van der Waals surface area contributed by atoms with Crippen molar-refractivity contribution in [2.45, 2.75) is 76.7 Å². The van der Waals surface area contributed by atoms with Crippen LogP contribution in [-0.2, 0) is 52.5 Å². The third-order valence-electron chi connectivity index (χ3n) is 15.5. The summed E-state index contributed by atoms with van der Waals surface area (Å²) in [5, 5.41) is 28.1. The highest BCUT2D eigenvalue weighted by Crippen LogP contribution is 2.42. The van der Waals surface area contributed by atoms with Gasteiger partial charge in [0.2, 0.25) is 17.7 Å². The van der Waals surface area contributed by atoms with Crippen molar-refractivity contribution in [2.75, 3.05) is 71.9 Å². The van der Waals surface area contributed by atoms with Crippen LogP contribution >= 0.6 is 0 Å². The first kappa shape index (κ1) is 66.4. The minimum absolute atomic E-state index is 0.102. The lowest BCUT2D eigenvalue weighted by atomic mass is 9.99. The molecule has 0 radical (unpaired) electrons. The number of ether oxygens (including phenoxy) is 3. The van der Waals surface area contributed by atoms with Crippen LogP contribution in [0.1, 0.15) is 88.6 Å². The molecule has 0 saturated heterocycles. The summed E-state index contributed by atoms with van der Waals surface area (Å²) in [6.45, 7) is 2.08. The number of urea groups is 3. The number of anilines is 6. The van der Waals surface area contributed by atoms with Crippen LogP contribution in [0.4, 0.5) is 88.0 Å². The molecule has 6 aromatic rings. The topological polar surface area (TPSA) is 241 Å². The van der Waals surface area contributed by atoms with Crippen LogP contribution < -0.4 is 51.4 Å². The van der Waals surface area contributed by atoms with Crippen LogP contribution in [0.2, 0.25) is 0 Å². The van der Waals surface area contributed by atoms with Gasteiger partial charge in [0, 0.05) is 102 Å². The van der Waals surface area contributed by atoms with E-state index in [0.29, 0.717) is 126 Å². The Morgan fingerprint density at radius 1 is 0.500 bits per heavy atom. The van der Waals surface area contributed by atoms with Gasteiger partial charge in [0.05, 0.1) is 43.1 Å². The van der Waals surface area contributed by atoms with Gasteiger partial charge in [-0.25, -0.2) is 14.4 Å². The van der Waals surface area contributed by atoms with E-state index in [2.05, 4.69) is 37.2 Å². The number of aliphatic hydroxyl groups is 1. The maximum absolute atomic E-state index is 13.0. The number of hydrogen-bond acceptors (Lipinski definition) is 10. The summed E-state index contributed by atoms with van der Waals surface area (Å²) in [6, 6.07) is 24.5. The Morgan fingerprint density at radius 3 is 1.27 bits per heavy atom. The largest absolute Gasteiger partial charge is 0.493 e. The summed E-state index contributed by atoms with van der Waals surface area (Å²) < 4.78 is 134. The lowest BCUT2D eigenvalue weighted by molar-refractivity contribution is -0.138. The van der Waals surface area contributed by atoms with E-state index in [-0.39, 0.29) is 68.3 Å². The fourth-order valence-electron chi connectivity index (χ4n) is 10.8. The maximum atomic E-state index is 13.0. The predicted molar refractivity (Wildman–Crippen MR) is 331 cm³/mol. The summed E-state index contributed by atoms with van der Waals surface area (Å²) in [5.74, 6) is -0.940. The lowest BCUT2D eigenvalue weighted by Gasteiger charge is -2.29. The predicted octanol–water partition coefficient (Wildman–Crippen LogP) is 13.7. The number of halogens is 9. The average molecular weight is 1310 g/mol. The molecule has 0 saturated carbocycles. The molecule has 19 nitrogen and oxygen atoms in total. The number of fused-ring (bicyclic) bond motifs is 6. The molecular formula is C66H60F9N9O10. The molecule has 0 aromatic heterocycles. The second-order valence-corrected chi connectivity index (χ2v) is 22.2. The number of rotatable bonds is 8. The zero-order chi connectivity index (χ0) is 67.1. The third-order valence-corrected chi connectivity index (χ3v) is 15.5. The van der Waals surface area contributed by atoms with Gasteiger partial charge in [0.1, 0.15) is 17.2 Å². The highest BCUT2D eigenvalue weighted by Gasteiger charge is 2.35. The van der Waals surface area contributed by atoms with E-state index in [0.717, 1.165) is 53.1 Å². The first-order chi connectivity index (χ1) is 44.7. The molecule has 6 aliphatic rings. The molecular weight excluding hydrogens is 1250 g/mol. The molecule has 6 aromatic carbocycles. The molecule has 8 N–H and O–H groups in total. The van der Waals surface area contributed by atoms with Gasteiger partial charge in [-0.15, -0.1) is 0 Å². The van der Waals surface area contributed by atoms with Crippen molar-refractivity contribution in [2.24, 2.45) is 0 Å². The van der Waals surface area contributed by atoms with Gasteiger partial charge in [-0.1, -0.05) is 36.4 Å². The minimum Gasteiger partial charge on any atom is -0.493 e. The molecule has 9 amide bonds. The van der Waals surface area contributed by atoms with E-state index in [9.17, 15) is 68.3 Å². The van der Waals surface area contributed by atoms with Gasteiger partial charge in [-0.2, -0.15) is 39.5 Å². The average Bonchev–Trinajstić information content (AvgIpc) is 1.25. The second-order valence-electron chi connectivity index (χ2n) is 22.2. The Labute approximate surface area is 531 Å². The Kier molecular flexibility index (Phi) is 19.9. The van der Waals surface area contributed by atoms with Gasteiger partial charge in [0.25, 0.3) is 0 Å². The molecule has 0 bridgehead atoms. The number of aliphatic hydroxyl groups excluding tert-OH is 1. The first-order valence-electron chi connectivity index (χ1n) is 29.4. The molecule has 94 heavy (non-hydrogen) atoms. The molecule has 6 aliphatic heterocycles. The van der Waals surface area contributed by atoms with E-state index in [1.165, 1.54) is 41.3 Å². The Bertz CT molecular complexity index is 4050. The number of hydrogen-bond donors (Lipinski definition) is 8. The van der Waals surface area contributed by atoms with E-state index >= 15 is 0 Å². The number of β-amino-alcohol motifs (C(OH)–C–C–N with tert-alkyl or cyclic N) is 1. The quantitative estimate of drug-likeness (QED) is 0.0529. The van der Waals surface area contributed by atoms with Crippen molar-refractivity contribution in [3.63, 3.8) is 0 Å². The van der Waals surface area contributed by atoms with E-state index < -0.39 is 52.9 Å². The van der Waals surface area contributed by atoms with Gasteiger partial charge in [-0.3, -0.25) is 14.4 Å². The van der Waals surface area contributed by atoms with Crippen LogP contribution in [0, 0.1) is 0 Å². The van der Waals surface area contributed by atoms with E-state index in [4.69, 9.17) is 19.3 Å². The summed E-state index contributed by atoms with van der Waals surface area (Å²) >= 11 is 0. The maximum Gasteiger partial charge on any atom is 0.416 e. The number of nitrogens with one attached hydrogen (secondary N) is 7. The highest BCUT2D eigenvalue weighted by molar-refractivity contribution is 6.07. The standard InChI is InChI=1S/C23H22F3N3O4.C22H20F3N3O3.C21H18F3N3O3/c24-23(25,26)16-4-6-18-14(2-1-9-33-20(18)11-16)10-21(31)27-17-5-3-15-13-29(7-8-30)22(32)28-19(15)12-17;1-28-12-14-4-6-16(11-18(14)27-21(28)30)26-20(29)9-13-3-2-8-31-19-10-15(22(23,24)25)5-7-17(13)19;22-21(23,24)14-4-6-16-12(2-1-7-30-18(16)9-14)8-19(28)26-15-5-3-13-11-25-20(29)27-17(13)10-15/h3-6,10-12,30H,1-2,7-9,13H2,(H,27,31)(H,28,32);4-7,9-11H,2-3,8,12H2,1H3,(H,26,29)(H,27,30);3-6,8-10H,1-2,7,11H2,(H,26,28)(H2,25,27,29)/b14-10+;13-9+;12-8+. The minimum atomic E-state index is -4.48. The third kappa shape index (κ3) is 16.6. The molecule has 0 fully saturated rings. The van der Waals surface area contributed by atoms with Crippen molar-refractivity contribution in [3.05, 3.63) is 177 Å². The summed E-state index contributed by atoms with van der Waals surface area (Å²) in [5.41, 5.74) is 6.71. The smallest absolute Gasteiger partial charge is 0.416 e. The van der Waals surface area contributed by atoms with E-state index in [1.54, 1.807) is 60.5 Å². The molecule has 0 spiro atoms. The van der Waals surface area contributed by atoms with Crippen LogP contribution in [-0.4, -0.2) is 90.7 Å². The SMILES string of the molecule is CN1Cc2ccc(NC(=O)/C=C3\CCCOc4cc(C(F)(F)F)ccc43)cc2NC1=O.O=C(/C=C1\CCCOc2cc(C(F)(F)F)ccc21)Nc1ccc2c(c1)NC(=O)N(CCO)C2.O=C(/C=C1\CCCOc2cc(C(F)(F)F)ccc21)Nc1ccc2c(c1)NC(=O)NC2. The summed E-state index contributed by atoms with van der Waals surface area (Å²) in [7, 11) is 1.69. The van der Waals surface area contributed by atoms with E-state index in [1.807, 2.05) is 6.07 Å². The van der Waals surface area contributed by atoms with Crippen molar-refractivity contribution >= 4 is 86.7 Å². The van der Waals surface area contributed by atoms with Gasteiger partial charge < -0.3 is 66.3 Å². The lowest BCUT2D eigenvalue weighted by Crippen LogP contribution is -2.40. The molecule has 12 rings (SSSR count). The number of carbonyl (C=O) groups is 6. The molecule has 492 valence electrons. The Balaban J connectivity index is 0.000000154. The number of benzene rings is 6. The monoisotopic (exact) mass is 1310 g/mol. The van der Waals surface area contributed by atoms with Crippen molar-refractivity contribution in [3.8, 4) is 17.2 Å². The molecule has 0 aliphatic carbocycles. The molecule has 0 unspecified atom stereocenters. The van der Waals surface area contributed by atoms with Crippen LogP contribution in [0.15, 0.2) is 127 Å². The van der Waals surface area contributed by atoms with Crippen LogP contribution in [0.5, 0.6) is 17.2 Å². The van der Waals surface area contributed by atoms with Crippen LogP contribution in [0.3, 0.4) is 0 Å². The van der Waals surface area contributed by atoms with Crippen LogP contribution in [0.25, 0.3) is 16.7 Å². The molecule has 0 atom stereocenters. The van der Waals surface area contributed by atoms with Gasteiger partial charge >= 0.3 is 36.6 Å². The number of amides is 9. The molecule has 28 heteroatoms. The zero-order valence-electron chi connectivity index (χ0n) is 49.9. The number of allylic oxidation sites excluding steroid dienone is 3. The second kappa shape index (κ2) is 28.2. The van der Waals surface area contributed by atoms with Crippen molar-refractivity contribution in [1.82, 2.24) is 15.1 Å². The first-order valence-corrected chi connectivity index (χ1v) is 29.4. The summed E-state index contributed by atoms with van der Waals surface area (Å²) in [6.07, 6.45) is -6.11. The fourth-order valence-corrected chi connectivity index (χ4v) is 10.8. The number of alkyl halides is 9.